The summed E-state index contributed by atoms with van der Waals surface area (Å²) in [5.74, 6) is 0.126. The maximum absolute atomic E-state index is 12.3. The second-order valence-corrected chi connectivity index (χ2v) is 7.54. The summed E-state index contributed by atoms with van der Waals surface area (Å²) >= 11 is 3.37. The minimum Gasteiger partial charge on any atom is -0.368 e. The van der Waals surface area contributed by atoms with Crippen molar-refractivity contribution in [3.8, 4) is 0 Å². The quantitative estimate of drug-likeness (QED) is 0.776. The first-order valence-electron chi connectivity index (χ1n) is 9.26. The zero-order chi connectivity index (χ0) is 19.2. The number of hydrogen-bond donors (Lipinski definition) is 1. The van der Waals surface area contributed by atoms with Crippen LogP contribution in [0, 0.1) is 0 Å². The van der Waals surface area contributed by atoms with Crippen LogP contribution >= 0.6 is 15.9 Å². The van der Waals surface area contributed by atoms with E-state index in [-0.39, 0.29) is 11.8 Å². The minimum atomic E-state index is -0.127. The fraction of sp³-hybridized carbons (Fsp3) is 0.333. The number of halogens is 1. The zero-order valence-electron chi connectivity index (χ0n) is 15.5. The average Bonchev–Trinajstić information content (AvgIpc) is 2.69. The highest BCUT2D eigenvalue weighted by Crippen LogP contribution is 2.20. The molecule has 1 N–H and O–H groups in total. The molecule has 0 saturated carbocycles. The molecule has 2 aromatic rings. The summed E-state index contributed by atoms with van der Waals surface area (Å²) in [7, 11) is 0. The van der Waals surface area contributed by atoms with Gasteiger partial charge >= 0.3 is 0 Å². The predicted molar refractivity (Wildman–Crippen MR) is 112 cm³/mol. The van der Waals surface area contributed by atoms with Gasteiger partial charge in [-0.15, -0.1) is 0 Å². The number of carbonyl (C=O) groups is 2. The Kier molecular flexibility index (Phi) is 6.50. The Balaban J connectivity index is 1.55. The number of piperazine rings is 1. The summed E-state index contributed by atoms with van der Waals surface area (Å²) in [5.41, 5.74) is 2.50. The summed E-state index contributed by atoms with van der Waals surface area (Å²) in [6.45, 7) is 5.23. The maximum atomic E-state index is 12.3. The topological polar surface area (TPSA) is 52.7 Å². The van der Waals surface area contributed by atoms with E-state index in [1.54, 1.807) is 12.1 Å². The van der Waals surface area contributed by atoms with Crippen LogP contribution in [-0.2, 0) is 4.79 Å². The van der Waals surface area contributed by atoms with E-state index in [0.717, 1.165) is 48.4 Å². The Morgan fingerprint density at radius 3 is 2.19 bits per heavy atom. The second kappa shape index (κ2) is 9.04. The first-order chi connectivity index (χ1) is 13.1. The van der Waals surface area contributed by atoms with E-state index in [4.69, 9.17) is 0 Å². The van der Waals surface area contributed by atoms with Crippen molar-refractivity contribution in [3.63, 3.8) is 0 Å². The van der Waals surface area contributed by atoms with Gasteiger partial charge in [0.2, 0.25) is 5.91 Å². The summed E-state index contributed by atoms with van der Waals surface area (Å²) in [6, 6.07) is 15.1. The summed E-state index contributed by atoms with van der Waals surface area (Å²) in [4.78, 5) is 28.5. The number of nitrogens with one attached hydrogen (secondary N) is 1. The molecule has 6 heteroatoms. The molecule has 0 aliphatic carbocycles. The van der Waals surface area contributed by atoms with Gasteiger partial charge in [0.25, 0.3) is 5.91 Å². The first kappa shape index (κ1) is 19.4. The molecule has 0 radical (unpaired) electrons. The van der Waals surface area contributed by atoms with E-state index >= 15 is 0 Å². The molecule has 27 heavy (non-hydrogen) atoms. The lowest BCUT2D eigenvalue weighted by Gasteiger charge is -2.36. The number of carbonyl (C=O) groups excluding carboxylic acids is 2. The lowest BCUT2D eigenvalue weighted by molar-refractivity contribution is -0.131. The molecule has 0 bridgehead atoms. The van der Waals surface area contributed by atoms with Crippen LogP contribution in [0.25, 0.3) is 0 Å². The van der Waals surface area contributed by atoms with Crippen LogP contribution < -0.4 is 10.2 Å². The van der Waals surface area contributed by atoms with Gasteiger partial charge in [0.1, 0.15) is 0 Å². The lowest BCUT2D eigenvalue weighted by Crippen LogP contribution is -2.48. The van der Waals surface area contributed by atoms with Crippen molar-refractivity contribution < 1.29 is 9.59 Å². The molecule has 0 aromatic heterocycles. The monoisotopic (exact) mass is 429 g/mol. The van der Waals surface area contributed by atoms with E-state index < -0.39 is 0 Å². The molecule has 5 nitrogen and oxygen atoms in total. The maximum Gasteiger partial charge on any atom is 0.255 e. The highest BCUT2D eigenvalue weighted by Gasteiger charge is 2.20. The van der Waals surface area contributed by atoms with Crippen LogP contribution in [0.3, 0.4) is 0 Å². The molecule has 2 aromatic carbocycles. The third-order valence-corrected chi connectivity index (χ3v) is 5.22. The van der Waals surface area contributed by atoms with Crippen LogP contribution in [0.5, 0.6) is 0 Å². The molecule has 1 aliphatic rings. The highest BCUT2D eigenvalue weighted by atomic mass is 79.9. The Morgan fingerprint density at radius 2 is 1.59 bits per heavy atom. The Morgan fingerprint density at radius 1 is 0.963 bits per heavy atom. The van der Waals surface area contributed by atoms with Gasteiger partial charge in [0.05, 0.1) is 0 Å². The summed E-state index contributed by atoms with van der Waals surface area (Å²) in [6.07, 6.45) is 1.53. The fourth-order valence-electron chi connectivity index (χ4n) is 3.15. The molecule has 1 saturated heterocycles. The van der Waals surface area contributed by atoms with Gasteiger partial charge in [-0.05, 0) is 55.0 Å². The van der Waals surface area contributed by atoms with E-state index in [9.17, 15) is 9.59 Å². The van der Waals surface area contributed by atoms with Crippen molar-refractivity contribution in [2.24, 2.45) is 0 Å². The molecular weight excluding hydrogens is 406 g/mol. The molecule has 2 amide bonds. The summed E-state index contributed by atoms with van der Waals surface area (Å²) in [5, 5.41) is 2.92. The third-order valence-electron chi connectivity index (χ3n) is 4.69. The number of nitrogens with zero attached hydrogens (tertiary/aromatic N) is 2. The van der Waals surface area contributed by atoms with Gasteiger partial charge in [-0.2, -0.15) is 0 Å². The molecule has 0 unspecified atom stereocenters. The predicted octanol–water partition coefficient (Wildman–Crippen LogP) is 4.15. The van der Waals surface area contributed by atoms with E-state index in [1.807, 2.05) is 48.2 Å². The third kappa shape index (κ3) is 5.10. The normalized spacial score (nSPS) is 14.1. The highest BCUT2D eigenvalue weighted by molar-refractivity contribution is 9.10. The van der Waals surface area contributed by atoms with E-state index in [0.29, 0.717) is 12.0 Å². The average molecular weight is 430 g/mol. The molecule has 1 aliphatic heterocycles. The van der Waals surface area contributed by atoms with Gasteiger partial charge in [-0.3, -0.25) is 9.59 Å². The van der Waals surface area contributed by atoms with Crippen molar-refractivity contribution in [1.82, 2.24) is 4.90 Å². The smallest absolute Gasteiger partial charge is 0.255 e. The van der Waals surface area contributed by atoms with Gasteiger partial charge in [0.15, 0.2) is 0 Å². The largest absolute Gasteiger partial charge is 0.368 e. The van der Waals surface area contributed by atoms with E-state index in [1.165, 1.54) is 0 Å². The number of anilines is 2. The number of hydrogen-bond acceptors (Lipinski definition) is 3. The van der Waals surface area contributed by atoms with Gasteiger partial charge in [0, 0.05) is 54.0 Å². The van der Waals surface area contributed by atoms with Crippen LogP contribution in [0.2, 0.25) is 0 Å². The Bertz CT molecular complexity index is 782. The van der Waals surface area contributed by atoms with Crippen molar-refractivity contribution in [1.29, 1.82) is 0 Å². The molecule has 3 rings (SSSR count). The van der Waals surface area contributed by atoms with Crippen molar-refractivity contribution in [2.75, 3.05) is 36.4 Å². The van der Waals surface area contributed by atoms with E-state index in [2.05, 4.69) is 26.1 Å². The van der Waals surface area contributed by atoms with Gasteiger partial charge < -0.3 is 15.1 Å². The molecule has 0 spiro atoms. The molecule has 1 fully saturated rings. The molecule has 1 heterocycles. The first-order valence-corrected chi connectivity index (χ1v) is 10.1. The Hall–Kier alpha value is -2.34. The van der Waals surface area contributed by atoms with Gasteiger partial charge in [-0.1, -0.05) is 22.9 Å². The van der Waals surface area contributed by atoms with Crippen LogP contribution in [-0.4, -0.2) is 42.9 Å². The standard InChI is InChI=1S/C21H24BrN3O2/c1-2-3-20(26)25-14-12-24(13-15-25)19-10-8-18(9-11-19)23-21(27)16-4-6-17(22)7-5-16/h4-11H,2-3,12-15H2,1H3,(H,23,27). The van der Waals surface area contributed by atoms with Crippen LogP contribution in [0.15, 0.2) is 53.0 Å². The van der Waals surface area contributed by atoms with Crippen molar-refractivity contribution >= 4 is 39.1 Å². The van der Waals surface area contributed by atoms with Crippen molar-refractivity contribution in [3.05, 3.63) is 58.6 Å². The molecule has 142 valence electrons. The minimum absolute atomic E-state index is 0.127. The van der Waals surface area contributed by atoms with Crippen LogP contribution in [0.1, 0.15) is 30.1 Å². The molecular formula is C21H24BrN3O2. The number of benzene rings is 2. The lowest BCUT2D eigenvalue weighted by atomic mass is 10.2. The van der Waals surface area contributed by atoms with Crippen molar-refractivity contribution in [2.45, 2.75) is 19.8 Å². The summed E-state index contributed by atoms with van der Waals surface area (Å²) < 4.78 is 0.944. The number of amides is 2. The zero-order valence-corrected chi connectivity index (χ0v) is 17.0. The fourth-order valence-corrected chi connectivity index (χ4v) is 3.41. The SMILES string of the molecule is CCCC(=O)N1CCN(c2ccc(NC(=O)c3ccc(Br)cc3)cc2)CC1. The molecule has 0 atom stereocenters. The van der Waals surface area contributed by atoms with Gasteiger partial charge in [-0.25, -0.2) is 0 Å². The Labute approximate surface area is 168 Å². The van der Waals surface area contributed by atoms with Crippen LogP contribution in [0.4, 0.5) is 11.4 Å². The second-order valence-electron chi connectivity index (χ2n) is 6.63. The number of rotatable bonds is 5.